The maximum Gasteiger partial charge on any atom is 0.250 e. The predicted molar refractivity (Wildman–Crippen MR) is 120 cm³/mol. The number of morpholine rings is 1. The molecule has 0 radical (unpaired) electrons. The molecule has 1 fully saturated rings. The van der Waals surface area contributed by atoms with Crippen LogP contribution in [0.5, 0.6) is 0 Å². The number of benzene rings is 2. The van der Waals surface area contributed by atoms with Crippen molar-refractivity contribution < 1.29 is 4.74 Å². The summed E-state index contributed by atoms with van der Waals surface area (Å²) in [6.07, 6.45) is 1.74. The second-order valence-electron chi connectivity index (χ2n) is 7.10. The lowest BCUT2D eigenvalue weighted by atomic mass is 10.2. The lowest BCUT2D eigenvalue weighted by Crippen LogP contribution is -2.37. The van der Waals surface area contributed by atoms with Gasteiger partial charge in [-0.1, -0.05) is 48.0 Å². The third kappa shape index (κ3) is 5.09. The third-order valence-corrected chi connectivity index (χ3v) is 4.76. The number of hydrazone groups is 1. The summed E-state index contributed by atoms with van der Waals surface area (Å²) in [5, 5.41) is 7.59. The number of hydrogen-bond donors (Lipinski definition) is 2. The summed E-state index contributed by atoms with van der Waals surface area (Å²) in [5.41, 5.74) is 7.20. The first-order chi connectivity index (χ1) is 14.7. The van der Waals surface area contributed by atoms with E-state index in [-0.39, 0.29) is 0 Å². The summed E-state index contributed by atoms with van der Waals surface area (Å²) in [6, 6.07) is 16.1. The Hall–Kier alpha value is -3.52. The van der Waals surface area contributed by atoms with Gasteiger partial charge in [0, 0.05) is 18.8 Å². The van der Waals surface area contributed by atoms with E-state index in [9.17, 15) is 0 Å². The fourth-order valence-corrected chi connectivity index (χ4v) is 3.03. The molecule has 0 bridgehead atoms. The van der Waals surface area contributed by atoms with Crippen LogP contribution in [0.2, 0.25) is 0 Å². The number of nitrogens with one attached hydrogen (secondary N) is 2. The first-order valence-corrected chi connectivity index (χ1v) is 9.94. The number of anilines is 4. The number of aromatic nitrogens is 3. The molecule has 0 saturated carbocycles. The molecule has 1 saturated heterocycles. The Labute approximate surface area is 176 Å². The lowest BCUT2D eigenvalue weighted by Gasteiger charge is -2.27. The summed E-state index contributed by atoms with van der Waals surface area (Å²) in [6.45, 7) is 6.87. The Bertz CT molecular complexity index is 1010. The molecule has 1 aliphatic heterocycles. The van der Waals surface area contributed by atoms with Crippen LogP contribution < -0.4 is 15.6 Å². The van der Waals surface area contributed by atoms with Crippen LogP contribution in [0.4, 0.5) is 23.5 Å². The molecule has 0 amide bonds. The van der Waals surface area contributed by atoms with E-state index in [1.54, 1.807) is 6.21 Å². The lowest BCUT2D eigenvalue weighted by molar-refractivity contribution is 0.122. The number of nitrogens with zero attached hydrogens (tertiary/aromatic N) is 5. The second-order valence-corrected chi connectivity index (χ2v) is 7.10. The minimum Gasteiger partial charge on any atom is -0.378 e. The third-order valence-electron chi connectivity index (χ3n) is 4.76. The molecular formula is C22H25N7O. The topological polar surface area (TPSA) is 87.6 Å². The molecule has 154 valence electrons. The van der Waals surface area contributed by atoms with Gasteiger partial charge in [0.25, 0.3) is 0 Å². The van der Waals surface area contributed by atoms with Gasteiger partial charge in [0.1, 0.15) is 0 Å². The van der Waals surface area contributed by atoms with Gasteiger partial charge in [-0.3, -0.25) is 0 Å². The molecule has 1 aliphatic rings. The van der Waals surface area contributed by atoms with Crippen molar-refractivity contribution in [2.75, 3.05) is 41.9 Å². The van der Waals surface area contributed by atoms with Crippen LogP contribution in [0.15, 0.2) is 53.6 Å². The standard InChI is InChI=1S/C22H25N7O/c1-16-7-9-18(10-8-16)15-23-28-21-25-20(24-19-6-4-3-5-17(19)2)26-22(27-21)29-11-13-30-14-12-29/h3-10,15H,11-14H2,1-2H3,(H2,24,25,26,27,28)/b23-15+. The van der Waals surface area contributed by atoms with E-state index in [1.165, 1.54) is 5.56 Å². The highest BCUT2D eigenvalue weighted by Gasteiger charge is 2.17. The van der Waals surface area contributed by atoms with Gasteiger partial charge >= 0.3 is 0 Å². The van der Waals surface area contributed by atoms with Crippen molar-refractivity contribution in [2.24, 2.45) is 5.10 Å². The molecule has 3 aromatic rings. The molecule has 1 aromatic heterocycles. The highest BCUT2D eigenvalue weighted by molar-refractivity contribution is 5.80. The molecule has 0 unspecified atom stereocenters. The van der Waals surface area contributed by atoms with E-state index >= 15 is 0 Å². The van der Waals surface area contributed by atoms with Gasteiger partial charge in [-0.2, -0.15) is 20.1 Å². The Balaban J connectivity index is 1.57. The van der Waals surface area contributed by atoms with Crippen LogP contribution in [-0.2, 0) is 4.74 Å². The van der Waals surface area contributed by atoms with Gasteiger partial charge in [0.15, 0.2) is 0 Å². The minimum atomic E-state index is 0.380. The summed E-state index contributed by atoms with van der Waals surface area (Å²) < 4.78 is 5.45. The zero-order valence-electron chi connectivity index (χ0n) is 17.2. The summed E-state index contributed by atoms with van der Waals surface area (Å²) >= 11 is 0. The zero-order chi connectivity index (χ0) is 20.8. The smallest absolute Gasteiger partial charge is 0.250 e. The maximum atomic E-state index is 5.45. The number of aryl methyl sites for hydroxylation is 2. The number of ether oxygens (including phenoxy) is 1. The zero-order valence-corrected chi connectivity index (χ0v) is 17.2. The average molecular weight is 403 g/mol. The molecule has 0 aliphatic carbocycles. The van der Waals surface area contributed by atoms with Gasteiger partial charge in [-0.05, 0) is 31.0 Å². The molecule has 0 atom stereocenters. The van der Waals surface area contributed by atoms with Crippen LogP contribution >= 0.6 is 0 Å². The number of hydrogen-bond acceptors (Lipinski definition) is 8. The quantitative estimate of drug-likeness (QED) is 0.481. The average Bonchev–Trinajstić information content (AvgIpc) is 2.77. The Morgan fingerprint density at radius 1 is 0.933 bits per heavy atom. The minimum absolute atomic E-state index is 0.380. The van der Waals surface area contributed by atoms with E-state index in [0.717, 1.165) is 29.9 Å². The highest BCUT2D eigenvalue weighted by Crippen LogP contribution is 2.21. The molecule has 0 spiro atoms. The van der Waals surface area contributed by atoms with E-state index in [2.05, 4.69) is 42.6 Å². The van der Waals surface area contributed by atoms with Crippen molar-refractivity contribution in [1.29, 1.82) is 0 Å². The second kappa shape index (κ2) is 9.32. The van der Waals surface area contributed by atoms with Crippen LogP contribution in [0.25, 0.3) is 0 Å². The maximum absolute atomic E-state index is 5.45. The summed E-state index contributed by atoms with van der Waals surface area (Å²) in [5.74, 6) is 1.44. The Morgan fingerprint density at radius 3 is 2.43 bits per heavy atom. The van der Waals surface area contributed by atoms with Crippen molar-refractivity contribution in [3.05, 3.63) is 65.2 Å². The van der Waals surface area contributed by atoms with Gasteiger partial charge in [-0.25, -0.2) is 5.43 Å². The molecule has 8 heteroatoms. The number of rotatable bonds is 6. The number of para-hydroxylation sites is 1. The van der Waals surface area contributed by atoms with E-state index in [4.69, 9.17) is 4.74 Å². The molecule has 30 heavy (non-hydrogen) atoms. The van der Waals surface area contributed by atoms with E-state index < -0.39 is 0 Å². The first kappa shape index (κ1) is 19.8. The van der Waals surface area contributed by atoms with Crippen molar-refractivity contribution >= 4 is 29.7 Å². The van der Waals surface area contributed by atoms with Crippen molar-refractivity contribution in [3.63, 3.8) is 0 Å². The largest absolute Gasteiger partial charge is 0.378 e. The Kier molecular flexibility index (Phi) is 6.14. The van der Waals surface area contributed by atoms with E-state index in [0.29, 0.717) is 31.1 Å². The van der Waals surface area contributed by atoms with Gasteiger partial charge in [0.05, 0.1) is 19.4 Å². The van der Waals surface area contributed by atoms with Crippen LogP contribution in [0.1, 0.15) is 16.7 Å². The molecule has 2 N–H and O–H groups in total. The normalized spacial score (nSPS) is 14.1. The van der Waals surface area contributed by atoms with Gasteiger partial charge in [0.2, 0.25) is 17.8 Å². The fraction of sp³-hybridized carbons (Fsp3) is 0.273. The molecule has 8 nitrogen and oxygen atoms in total. The summed E-state index contributed by atoms with van der Waals surface area (Å²) in [4.78, 5) is 15.7. The van der Waals surface area contributed by atoms with Gasteiger partial charge < -0.3 is 15.0 Å². The van der Waals surface area contributed by atoms with Crippen LogP contribution in [-0.4, -0.2) is 47.5 Å². The molecule has 2 aromatic carbocycles. The van der Waals surface area contributed by atoms with Crippen molar-refractivity contribution in [1.82, 2.24) is 15.0 Å². The highest BCUT2D eigenvalue weighted by atomic mass is 16.5. The van der Waals surface area contributed by atoms with Crippen LogP contribution in [0.3, 0.4) is 0 Å². The summed E-state index contributed by atoms with van der Waals surface area (Å²) in [7, 11) is 0. The Morgan fingerprint density at radius 2 is 1.67 bits per heavy atom. The van der Waals surface area contributed by atoms with Crippen LogP contribution in [0, 0.1) is 13.8 Å². The SMILES string of the molecule is Cc1ccc(/C=N/Nc2nc(Nc3ccccc3C)nc(N3CCOCC3)n2)cc1. The van der Waals surface area contributed by atoms with Crippen molar-refractivity contribution in [2.45, 2.75) is 13.8 Å². The van der Waals surface area contributed by atoms with E-state index in [1.807, 2.05) is 55.5 Å². The fourth-order valence-electron chi connectivity index (χ4n) is 3.03. The molecule has 2 heterocycles. The van der Waals surface area contributed by atoms with Gasteiger partial charge in [-0.15, -0.1) is 0 Å². The predicted octanol–water partition coefficient (Wildman–Crippen LogP) is 3.51. The first-order valence-electron chi connectivity index (χ1n) is 9.94. The molecular weight excluding hydrogens is 378 g/mol. The van der Waals surface area contributed by atoms with Crippen molar-refractivity contribution in [3.8, 4) is 0 Å². The molecule has 4 rings (SSSR count). The monoisotopic (exact) mass is 403 g/mol.